The van der Waals surface area contributed by atoms with E-state index < -0.39 is 20.0 Å². The molecule has 0 aromatic carbocycles. The fourth-order valence-electron chi connectivity index (χ4n) is 6.95. The van der Waals surface area contributed by atoms with Gasteiger partial charge in [-0.1, -0.05) is 198 Å². The van der Waals surface area contributed by atoms with Gasteiger partial charge in [-0.2, -0.15) is 0 Å². The van der Waals surface area contributed by atoms with E-state index in [1.165, 1.54) is 154 Å². The summed E-state index contributed by atoms with van der Waals surface area (Å²) in [6.07, 6.45) is 50.5. The maximum Gasteiger partial charge on any atom is 0.268 e. The molecule has 0 spiro atoms. The van der Waals surface area contributed by atoms with Crippen molar-refractivity contribution in [2.75, 3.05) is 40.9 Å². The Morgan fingerprint density at radius 2 is 1.00 bits per heavy atom. The molecule has 8 nitrogen and oxygen atoms in total. The second-order valence-electron chi connectivity index (χ2n) is 17.8. The maximum atomic E-state index is 12.9. The number of nitrogens with one attached hydrogen (secondary N) is 1. The van der Waals surface area contributed by atoms with Gasteiger partial charge in [0.25, 0.3) is 7.82 Å². The molecule has 3 atom stereocenters. The number of rotatable bonds is 44. The number of quaternary nitrogens is 1. The molecule has 342 valence electrons. The summed E-state index contributed by atoms with van der Waals surface area (Å²) < 4.78 is 23.2. The lowest BCUT2D eigenvalue weighted by Gasteiger charge is -2.29. The molecule has 9 heteroatoms. The molecule has 0 aliphatic heterocycles. The van der Waals surface area contributed by atoms with Gasteiger partial charge < -0.3 is 28.8 Å². The minimum Gasteiger partial charge on any atom is -0.756 e. The van der Waals surface area contributed by atoms with Gasteiger partial charge in [0.2, 0.25) is 5.91 Å². The van der Waals surface area contributed by atoms with E-state index >= 15 is 0 Å². The molecule has 0 aromatic rings. The molecule has 0 rings (SSSR count). The summed E-state index contributed by atoms with van der Waals surface area (Å²) in [7, 11) is 1.26. The fourth-order valence-corrected chi connectivity index (χ4v) is 7.67. The van der Waals surface area contributed by atoms with Gasteiger partial charge in [-0.15, -0.1) is 0 Å². The lowest BCUT2D eigenvalue weighted by molar-refractivity contribution is -0.870. The molecule has 0 aliphatic rings. The number of amides is 1. The van der Waals surface area contributed by atoms with Crippen molar-refractivity contribution in [1.29, 1.82) is 0 Å². The van der Waals surface area contributed by atoms with Crippen molar-refractivity contribution < 1.29 is 32.9 Å². The van der Waals surface area contributed by atoms with E-state index in [-0.39, 0.29) is 19.1 Å². The number of nitrogens with zero attached hydrogens (tertiary/aromatic N) is 1. The molecule has 0 radical (unpaired) electrons. The molecular formula is C49H95N2O6P. The lowest BCUT2D eigenvalue weighted by atomic mass is 10.0. The standard InChI is InChI=1S/C49H95N2O6P/c1-6-8-10-12-14-16-18-20-21-22-23-24-25-26-27-28-29-31-33-35-37-39-41-43-49(53)50-47(46-57-58(54,55)56-45-44-51(3,4)5)48(52)42-40-38-36-34-32-30-19-17-15-13-11-9-7-2/h18,20,22-23,40,42,47-48,52H,6-17,19,21,24-39,41,43-46H2,1-5H3,(H-,50,53,54,55)/b20-18-,23-22-,42-40+. The van der Waals surface area contributed by atoms with Gasteiger partial charge in [0, 0.05) is 6.42 Å². The molecule has 0 saturated heterocycles. The third-order valence-electron chi connectivity index (χ3n) is 10.8. The number of aliphatic hydroxyl groups excluding tert-OH is 1. The Morgan fingerprint density at radius 3 is 1.43 bits per heavy atom. The quantitative estimate of drug-likeness (QED) is 0.0274. The van der Waals surface area contributed by atoms with E-state index in [0.29, 0.717) is 17.4 Å². The fraction of sp³-hybridized carbons (Fsp3) is 0.857. The Morgan fingerprint density at radius 1 is 0.603 bits per heavy atom. The van der Waals surface area contributed by atoms with Crippen molar-refractivity contribution in [3.63, 3.8) is 0 Å². The number of phosphoric ester groups is 1. The third kappa shape index (κ3) is 42.8. The Kier molecular flexibility index (Phi) is 40.2. The van der Waals surface area contributed by atoms with Crippen molar-refractivity contribution in [3.05, 3.63) is 36.5 Å². The van der Waals surface area contributed by atoms with Crippen molar-refractivity contribution in [1.82, 2.24) is 5.32 Å². The van der Waals surface area contributed by atoms with Crippen LogP contribution < -0.4 is 10.2 Å². The molecule has 0 heterocycles. The number of likely N-dealkylation sites (N-methyl/N-ethyl adjacent to an activating group) is 1. The molecule has 3 unspecified atom stereocenters. The van der Waals surface area contributed by atoms with Crippen molar-refractivity contribution >= 4 is 13.7 Å². The Balaban J connectivity index is 4.27. The number of phosphoric acid groups is 1. The first-order valence-electron chi connectivity index (χ1n) is 24.4. The molecule has 0 saturated carbocycles. The third-order valence-corrected chi connectivity index (χ3v) is 11.8. The summed E-state index contributed by atoms with van der Waals surface area (Å²) in [6, 6.07) is -0.885. The zero-order valence-electron chi connectivity index (χ0n) is 38.8. The Bertz CT molecular complexity index is 1040. The minimum absolute atomic E-state index is 0.00128. The molecule has 0 aromatic heterocycles. The summed E-state index contributed by atoms with van der Waals surface area (Å²) in [5.41, 5.74) is 0. The van der Waals surface area contributed by atoms with Gasteiger partial charge in [-0.3, -0.25) is 9.36 Å². The van der Waals surface area contributed by atoms with E-state index in [4.69, 9.17) is 9.05 Å². The number of carbonyl (C=O) groups is 1. The van der Waals surface area contributed by atoms with E-state index in [9.17, 15) is 19.4 Å². The Hall–Kier alpha value is -1.28. The van der Waals surface area contributed by atoms with Gasteiger partial charge in [0.05, 0.1) is 39.9 Å². The van der Waals surface area contributed by atoms with Gasteiger partial charge in [0.15, 0.2) is 0 Å². The predicted molar refractivity (Wildman–Crippen MR) is 247 cm³/mol. The van der Waals surface area contributed by atoms with E-state index in [1.807, 2.05) is 27.2 Å². The van der Waals surface area contributed by atoms with Crippen LogP contribution in [0.4, 0.5) is 0 Å². The normalized spacial score (nSPS) is 14.5. The number of hydrogen-bond donors (Lipinski definition) is 2. The number of unbranched alkanes of at least 4 members (excludes halogenated alkanes) is 27. The average molecular weight is 839 g/mol. The van der Waals surface area contributed by atoms with Crippen LogP contribution in [-0.4, -0.2) is 68.5 Å². The molecule has 0 aliphatic carbocycles. The van der Waals surface area contributed by atoms with Crippen LogP contribution in [0.25, 0.3) is 0 Å². The monoisotopic (exact) mass is 839 g/mol. The largest absolute Gasteiger partial charge is 0.756 e. The first-order chi connectivity index (χ1) is 28.0. The van der Waals surface area contributed by atoms with Crippen molar-refractivity contribution in [2.24, 2.45) is 0 Å². The molecule has 58 heavy (non-hydrogen) atoms. The highest BCUT2D eigenvalue weighted by Gasteiger charge is 2.23. The summed E-state index contributed by atoms with van der Waals surface area (Å²) in [5, 5.41) is 13.8. The van der Waals surface area contributed by atoms with Crippen LogP contribution in [-0.2, 0) is 18.4 Å². The van der Waals surface area contributed by atoms with Crippen molar-refractivity contribution in [3.8, 4) is 0 Å². The molecule has 0 fully saturated rings. The highest BCUT2D eigenvalue weighted by molar-refractivity contribution is 7.45. The highest BCUT2D eigenvalue weighted by atomic mass is 31.2. The molecule has 0 bridgehead atoms. The highest BCUT2D eigenvalue weighted by Crippen LogP contribution is 2.38. The molecular weight excluding hydrogens is 744 g/mol. The first kappa shape index (κ1) is 56.7. The van der Waals surface area contributed by atoms with Crippen LogP contribution in [0, 0.1) is 0 Å². The van der Waals surface area contributed by atoms with Crippen molar-refractivity contribution in [2.45, 2.75) is 231 Å². The first-order valence-corrected chi connectivity index (χ1v) is 25.8. The van der Waals surface area contributed by atoms with Crippen LogP contribution in [0.3, 0.4) is 0 Å². The SMILES string of the molecule is CCCCCCC/C=C\C/C=C\CCCCCCCCCCCCCC(=O)NC(COP(=O)([O-])OCC[N+](C)(C)C)C(O)/C=C/CCCCCCCCCCCCC. The van der Waals surface area contributed by atoms with Crippen LogP contribution in [0.2, 0.25) is 0 Å². The Labute approximate surface area is 359 Å². The van der Waals surface area contributed by atoms with E-state index in [1.54, 1.807) is 6.08 Å². The molecule has 1 amide bonds. The topological polar surface area (TPSA) is 108 Å². The minimum atomic E-state index is -4.59. The lowest BCUT2D eigenvalue weighted by Crippen LogP contribution is -2.45. The van der Waals surface area contributed by atoms with Crippen LogP contribution in [0.5, 0.6) is 0 Å². The summed E-state index contributed by atoms with van der Waals surface area (Å²) in [5.74, 6) is -0.200. The zero-order chi connectivity index (χ0) is 42.8. The number of hydrogen-bond acceptors (Lipinski definition) is 6. The smallest absolute Gasteiger partial charge is 0.268 e. The second kappa shape index (κ2) is 41.1. The van der Waals surface area contributed by atoms with Gasteiger partial charge in [-0.25, -0.2) is 0 Å². The summed E-state index contributed by atoms with van der Waals surface area (Å²) >= 11 is 0. The zero-order valence-corrected chi connectivity index (χ0v) is 39.6. The maximum absolute atomic E-state index is 12.9. The van der Waals surface area contributed by atoms with E-state index in [0.717, 1.165) is 44.9 Å². The predicted octanol–water partition coefficient (Wildman–Crippen LogP) is 13.2. The van der Waals surface area contributed by atoms with E-state index in [2.05, 4.69) is 43.5 Å². The molecule has 2 N–H and O–H groups in total. The van der Waals surface area contributed by atoms with Gasteiger partial charge in [-0.05, 0) is 51.4 Å². The van der Waals surface area contributed by atoms with Crippen LogP contribution in [0.15, 0.2) is 36.5 Å². The summed E-state index contributed by atoms with van der Waals surface area (Å²) in [6.45, 7) is 4.63. The number of allylic oxidation sites excluding steroid dienone is 5. The second-order valence-corrected chi connectivity index (χ2v) is 19.2. The number of aliphatic hydroxyl groups is 1. The number of carbonyl (C=O) groups excluding carboxylic acids is 1. The van der Waals surface area contributed by atoms with Crippen LogP contribution in [0.1, 0.15) is 219 Å². The average Bonchev–Trinajstić information content (AvgIpc) is 3.17. The van der Waals surface area contributed by atoms with Gasteiger partial charge >= 0.3 is 0 Å². The van der Waals surface area contributed by atoms with Crippen LogP contribution >= 0.6 is 7.82 Å². The summed E-state index contributed by atoms with van der Waals surface area (Å²) in [4.78, 5) is 25.3. The van der Waals surface area contributed by atoms with Gasteiger partial charge in [0.1, 0.15) is 13.2 Å².